The van der Waals surface area contributed by atoms with E-state index < -0.39 is 0 Å². The summed E-state index contributed by atoms with van der Waals surface area (Å²) in [5, 5.41) is 9.96. The highest BCUT2D eigenvalue weighted by atomic mass is 79.9. The number of phenols is 1. The third kappa shape index (κ3) is 4.34. The highest BCUT2D eigenvalue weighted by molar-refractivity contribution is 9.10. The molecule has 1 aromatic rings. The Morgan fingerprint density at radius 3 is 2.57 bits per heavy atom. The quantitative estimate of drug-likeness (QED) is 0.879. The molecule has 1 aromatic carbocycles. The standard InChI is InChI=1S/C16H25BrN2O2/c1-4-21-15-10-12(9-14(17)16(15)20)11-19-7-5-13(6-8-19)18(2)3/h9-10,13,20H,4-8,11H2,1-3H3. The lowest BCUT2D eigenvalue weighted by atomic mass is 10.0. The fourth-order valence-electron chi connectivity index (χ4n) is 2.84. The molecule has 2 rings (SSSR count). The van der Waals surface area contributed by atoms with Crippen LogP contribution in [0, 0.1) is 0 Å². The lowest BCUT2D eigenvalue weighted by Crippen LogP contribution is -2.41. The molecule has 1 N–H and O–H groups in total. The summed E-state index contributed by atoms with van der Waals surface area (Å²) in [7, 11) is 4.32. The SMILES string of the molecule is CCOc1cc(CN2CCC(N(C)C)CC2)cc(Br)c1O. The van der Waals surface area contributed by atoms with Crippen molar-refractivity contribution < 1.29 is 9.84 Å². The van der Waals surface area contributed by atoms with Gasteiger partial charge in [0.1, 0.15) is 0 Å². The van der Waals surface area contributed by atoms with E-state index in [0.717, 1.165) is 19.6 Å². The Hall–Kier alpha value is -0.780. The van der Waals surface area contributed by atoms with Crippen LogP contribution in [0.5, 0.6) is 11.5 Å². The summed E-state index contributed by atoms with van der Waals surface area (Å²) >= 11 is 3.41. The monoisotopic (exact) mass is 356 g/mol. The molecule has 21 heavy (non-hydrogen) atoms. The van der Waals surface area contributed by atoms with Gasteiger partial charge in [0, 0.05) is 12.6 Å². The number of phenolic OH excluding ortho intramolecular Hbond substituents is 1. The highest BCUT2D eigenvalue weighted by Crippen LogP contribution is 2.36. The predicted molar refractivity (Wildman–Crippen MR) is 89.0 cm³/mol. The summed E-state index contributed by atoms with van der Waals surface area (Å²) in [5.41, 5.74) is 1.17. The molecule has 1 saturated heterocycles. The molecule has 0 aliphatic carbocycles. The molecule has 4 nitrogen and oxygen atoms in total. The Balaban J connectivity index is 2.00. The Morgan fingerprint density at radius 2 is 2.00 bits per heavy atom. The molecule has 0 spiro atoms. The lowest BCUT2D eigenvalue weighted by Gasteiger charge is -2.35. The number of piperidine rings is 1. The molecule has 0 bridgehead atoms. The molecule has 0 amide bonds. The molecule has 0 radical (unpaired) electrons. The Labute approximate surface area is 135 Å². The summed E-state index contributed by atoms with van der Waals surface area (Å²) in [5.74, 6) is 0.747. The van der Waals surface area contributed by atoms with Crippen molar-refractivity contribution in [1.29, 1.82) is 0 Å². The maximum absolute atomic E-state index is 9.96. The van der Waals surface area contributed by atoms with Gasteiger partial charge in [0.2, 0.25) is 0 Å². The highest BCUT2D eigenvalue weighted by Gasteiger charge is 2.21. The number of rotatable bonds is 5. The van der Waals surface area contributed by atoms with Gasteiger partial charge in [0.15, 0.2) is 11.5 Å². The first kappa shape index (κ1) is 16.6. The zero-order chi connectivity index (χ0) is 15.4. The van der Waals surface area contributed by atoms with E-state index in [-0.39, 0.29) is 5.75 Å². The van der Waals surface area contributed by atoms with E-state index in [1.807, 2.05) is 19.1 Å². The number of nitrogens with zero attached hydrogens (tertiary/aromatic N) is 2. The zero-order valence-corrected chi connectivity index (χ0v) is 14.7. The van der Waals surface area contributed by atoms with E-state index >= 15 is 0 Å². The second-order valence-corrected chi connectivity index (χ2v) is 6.68. The molecule has 1 fully saturated rings. The van der Waals surface area contributed by atoms with Crippen LogP contribution in [0.3, 0.4) is 0 Å². The second-order valence-electron chi connectivity index (χ2n) is 5.83. The van der Waals surface area contributed by atoms with Crippen molar-refractivity contribution in [2.24, 2.45) is 0 Å². The van der Waals surface area contributed by atoms with Crippen LogP contribution in [0.15, 0.2) is 16.6 Å². The van der Waals surface area contributed by atoms with Crippen molar-refractivity contribution in [3.63, 3.8) is 0 Å². The minimum atomic E-state index is 0.187. The molecule has 0 saturated carbocycles. The van der Waals surface area contributed by atoms with E-state index in [9.17, 15) is 5.11 Å². The number of halogens is 1. The molecule has 1 aliphatic rings. The van der Waals surface area contributed by atoms with Gasteiger partial charge in [-0.05, 0) is 80.6 Å². The van der Waals surface area contributed by atoms with E-state index in [0.29, 0.717) is 22.9 Å². The van der Waals surface area contributed by atoms with Gasteiger partial charge in [0.05, 0.1) is 11.1 Å². The van der Waals surface area contributed by atoms with Crippen molar-refractivity contribution in [2.45, 2.75) is 32.4 Å². The van der Waals surface area contributed by atoms with Gasteiger partial charge in [-0.3, -0.25) is 4.90 Å². The minimum Gasteiger partial charge on any atom is -0.503 e. The second kappa shape index (κ2) is 7.47. The Morgan fingerprint density at radius 1 is 1.33 bits per heavy atom. The van der Waals surface area contributed by atoms with E-state index in [1.165, 1.54) is 18.4 Å². The van der Waals surface area contributed by atoms with E-state index in [2.05, 4.69) is 39.8 Å². The topological polar surface area (TPSA) is 35.9 Å². The summed E-state index contributed by atoms with van der Waals surface area (Å²) < 4.78 is 6.19. The van der Waals surface area contributed by atoms with Crippen LogP contribution >= 0.6 is 15.9 Å². The maximum Gasteiger partial charge on any atom is 0.172 e. The van der Waals surface area contributed by atoms with E-state index in [1.54, 1.807) is 0 Å². The molecular weight excluding hydrogens is 332 g/mol. The van der Waals surface area contributed by atoms with Crippen LogP contribution in [-0.2, 0) is 6.54 Å². The van der Waals surface area contributed by atoms with Gasteiger partial charge >= 0.3 is 0 Å². The summed E-state index contributed by atoms with van der Waals surface area (Å²) in [6.45, 7) is 5.61. The fourth-order valence-corrected chi connectivity index (χ4v) is 3.33. The van der Waals surface area contributed by atoms with E-state index in [4.69, 9.17) is 4.74 Å². The molecule has 0 aromatic heterocycles. The molecular formula is C16H25BrN2O2. The first-order valence-corrected chi connectivity index (χ1v) is 8.33. The lowest BCUT2D eigenvalue weighted by molar-refractivity contribution is 0.140. The van der Waals surface area contributed by atoms with Crippen molar-refractivity contribution in [1.82, 2.24) is 9.80 Å². The summed E-state index contributed by atoms with van der Waals surface area (Å²) in [4.78, 5) is 4.79. The molecule has 0 unspecified atom stereocenters. The average Bonchev–Trinajstić information content (AvgIpc) is 2.45. The maximum atomic E-state index is 9.96. The first-order valence-electron chi connectivity index (χ1n) is 7.54. The molecule has 5 heteroatoms. The van der Waals surface area contributed by atoms with Gasteiger partial charge in [-0.15, -0.1) is 0 Å². The summed E-state index contributed by atoms with van der Waals surface area (Å²) in [6, 6.07) is 4.63. The Bertz CT molecular complexity index is 472. The van der Waals surface area contributed by atoms with Gasteiger partial charge in [0.25, 0.3) is 0 Å². The van der Waals surface area contributed by atoms with Gasteiger partial charge in [-0.1, -0.05) is 0 Å². The van der Waals surface area contributed by atoms with Crippen LogP contribution < -0.4 is 4.74 Å². The van der Waals surface area contributed by atoms with Crippen molar-refractivity contribution in [3.8, 4) is 11.5 Å². The van der Waals surface area contributed by atoms with Crippen LogP contribution in [0.4, 0.5) is 0 Å². The van der Waals surface area contributed by atoms with Crippen molar-refractivity contribution in [3.05, 3.63) is 22.2 Å². The molecule has 118 valence electrons. The largest absolute Gasteiger partial charge is 0.503 e. The number of hydrogen-bond acceptors (Lipinski definition) is 4. The molecule has 1 heterocycles. The molecule has 1 aliphatic heterocycles. The first-order chi connectivity index (χ1) is 10.0. The van der Waals surface area contributed by atoms with Crippen LogP contribution in [0.2, 0.25) is 0 Å². The summed E-state index contributed by atoms with van der Waals surface area (Å²) in [6.07, 6.45) is 2.43. The van der Waals surface area contributed by atoms with Crippen molar-refractivity contribution >= 4 is 15.9 Å². The number of hydrogen-bond donors (Lipinski definition) is 1. The number of ether oxygens (including phenoxy) is 1. The fraction of sp³-hybridized carbons (Fsp3) is 0.625. The molecule has 0 atom stereocenters. The number of benzene rings is 1. The smallest absolute Gasteiger partial charge is 0.172 e. The Kier molecular flexibility index (Phi) is 5.90. The average molecular weight is 357 g/mol. The normalized spacial score (nSPS) is 17.4. The predicted octanol–water partition coefficient (Wildman–Crippen LogP) is 3.08. The third-order valence-corrected chi connectivity index (χ3v) is 4.69. The third-order valence-electron chi connectivity index (χ3n) is 4.08. The zero-order valence-electron chi connectivity index (χ0n) is 13.1. The minimum absolute atomic E-state index is 0.187. The van der Waals surface area contributed by atoms with Crippen LogP contribution in [0.25, 0.3) is 0 Å². The van der Waals surface area contributed by atoms with Gasteiger partial charge < -0.3 is 14.7 Å². The van der Waals surface area contributed by atoms with Crippen LogP contribution in [-0.4, -0.2) is 54.7 Å². The van der Waals surface area contributed by atoms with Gasteiger partial charge in [-0.25, -0.2) is 0 Å². The van der Waals surface area contributed by atoms with Crippen molar-refractivity contribution in [2.75, 3.05) is 33.8 Å². The number of likely N-dealkylation sites (tertiary alicyclic amines) is 1. The van der Waals surface area contributed by atoms with Gasteiger partial charge in [-0.2, -0.15) is 0 Å². The van der Waals surface area contributed by atoms with Crippen LogP contribution in [0.1, 0.15) is 25.3 Å². The number of aromatic hydroxyl groups is 1.